The van der Waals surface area contributed by atoms with E-state index >= 15 is 0 Å². The fourth-order valence-electron chi connectivity index (χ4n) is 1.77. The van der Waals surface area contributed by atoms with E-state index < -0.39 is 0 Å². The smallest absolute Gasteiger partial charge is 0.230 e. The number of carbonyl (C=O) groups excluding carboxylic acids is 1. The molecule has 4 heteroatoms. The van der Waals surface area contributed by atoms with Crippen molar-refractivity contribution in [3.8, 4) is 0 Å². The van der Waals surface area contributed by atoms with Gasteiger partial charge in [0.15, 0.2) is 0 Å². The molecule has 4 nitrogen and oxygen atoms in total. The zero-order valence-corrected chi connectivity index (χ0v) is 8.58. The van der Waals surface area contributed by atoms with E-state index in [2.05, 4.69) is 10.6 Å². The van der Waals surface area contributed by atoms with Crippen molar-refractivity contribution >= 4 is 17.3 Å². The average molecular weight is 206 g/mol. The lowest BCUT2D eigenvalue weighted by Crippen LogP contribution is -2.32. The molecule has 80 valence electrons. The highest BCUT2D eigenvalue weighted by Gasteiger charge is 2.25. The first-order valence-corrected chi connectivity index (χ1v) is 4.97. The van der Waals surface area contributed by atoms with E-state index in [1.54, 1.807) is 0 Å². The first-order valence-electron chi connectivity index (χ1n) is 4.97. The van der Waals surface area contributed by atoms with Gasteiger partial charge in [-0.15, -0.1) is 0 Å². The molecule has 2 rings (SSSR count). The monoisotopic (exact) mass is 206 g/mol. The molecule has 0 saturated heterocycles. The number of aliphatic hydroxyl groups is 1. The van der Waals surface area contributed by atoms with Crippen LogP contribution in [0.3, 0.4) is 0 Å². The maximum atomic E-state index is 11.5. The van der Waals surface area contributed by atoms with E-state index in [9.17, 15) is 4.79 Å². The van der Waals surface area contributed by atoms with Gasteiger partial charge in [0.25, 0.3) is 0 Å². The van der Waals surface area contributed by atoms with Crippen molar-refractivity contribution in [2.24, 2.45) is 5.92 Å². The molecule has 0 spiro atoms. The predicted molar refractivity (Wildman–Crippen MR) is 58.9 cm³/mol. The quantitative estimate of drug-likeness (QED) is 0.671. The van der Waals surface area contributed by atoms with Crippen LogP contribution in [0.4, 0.5) is 11.4 Å². The summed E-state index contributed by atoms with van der Waals surface area (Å²) in [4.78, 5) is 11.5. The molecule has 0 bridgehead atoms. The third kappa shape index (κ3) is 1.80. The van der Waals surface area contributed by atoms with Gasteiger partial charge in [-0.3, -0.25) is 4.79 Å². The lowest BCUT2D eigenvalue weighted by atomic mass is 9.93. The van der Waals surface area contributed by atoms with Gasteiger partial charge in [0.05, 0.1) is 12.5 Å². The highest BCUT2D eigenvalue weighted by molar-refractivity contribution is 5.96. The van der Waals surface area contributed by atoms with E-state index in [0.29, 0.717) is 6.42 Å². The van der Waals surface area contributed by atoms with Crippen LogP contribution in [0.5, 0.6) is 0 Å². The fourth-order valence-corrected chi connectivity index (χ4v) is 1.77. The van der Waals surface area contributed by atoms with E-state index in [0.717, 1.165) is 16.9 Å². The van der Waals surface area contributed by atoms with Crippen molar-refractivity contribution in [3.05, 3.63) is 23.8 Å². The third-order valence-electron chi connectivity index (χ3n) is 2.71. The molecule has 0 aromatic heterocycles. The lowest BCUT2D eigenvalue weighted by Gasteiger charge is -2.23. The van der Waals surface area contributed by atoms with Crippen LogP contribution in [-0.2, 0) is 11.2 Å². The molecule has 0 radical (unpaired) electrons. The number of anilines is 2. The summed E-state index contributed by atoms with van der Waals surface area (Å²) >= 11 is 0. The van der Waals surface area contributed by atoms with Crippen LogP contribution >= 0.6 is 0 Å². The zero-order valence-electron chi connectivity index (χ0n) is 8.58. The summed E-state index contributed by atoms with van der Waals surface area (Å²) in [6, 6.07) is 5.84. The average Bonchev–Trinajstić information content (AvgIpc) is 2.27. The van der Waals surface area contributed by atoms with Crippen LogP contribution in [-0.4, -0.2) is 24.7 Å². The Bertz CT molecular complexity index is 390. The predicted octanol–water partition coefficient (Wildman–Crippen LogP) is 0.831. The van der Waals surface area contributed by atoms with Crippen LogP contribution in [0.2, 0.25) is 0 Å². The summed E-state index contributed by atoms with van der Waals surface area (Å²) in [6.07, 6.45) is 0.613. The van der Waals surface area contributed by atoms with Crippen LogP contribution in [0.1, 0.15) is 5.56 Å². The molecule has 1 atom stereocenters. The maximum Gasteiger partial charge on any atom is 0.230 e. The first kappa shape index (κ1) is 9.98. The Labute approximate surface area is 88.3 Å². The van der Waals surface area contributed by atoms with Crippen LogP contribution in [0.15, 0.2) is 18.2 Å². The van der Waals surface area contributed by atoms with Gasteiger partial charge in [-0.05, 0) is 24.1 Å². The minimum atomic E-state index is -0.307. The van der Waals surface area contributed by atoms with Crippen molar-refractivity contribution in [1.82, 2.24) is 0 Å². The molecule has 1 aliphatic rings. The van der Waals surface area contributed by atoms with E-state index in [1.165, 1.54) is 0 Å². The van der Waals surface area contributed by atoms with Gasteiger partial charge in [-0.1, -0.05) is 6.07 Å². The Hall–Kier alpha value is -1.55. The maximum absolute atomic E-state index is 11.5. The Kier molecular flexibility index (Phi) is 2.60. The van der Waals surface area contributed by atoms with Gasteiger partial charge in [0.2, 0.25) is 5.91 Å². The molecule has 1 amide bonds. The van der Waals surface area contributed by atoms with Gasteiger partial charge in [-0.2, -0.15) is 0 Å². The molecule has 15 heavy (non-hydrogen) atoms. The van der Waals surface area contributed by atoms with E-state index in [4.69, 9.17) is 5.11 Å². The molecule has 3 N–H and O–H groups in total. The lowest BCUT2D eigenvalue weighted by molar-refractivity contribution is -0.121. The van der Waals surface area contributed by atoms with Gasteiger partial charge in [0.1, 0.15) is 0 Å². The summed E-state index contributed by atoms with van der Waals surface area (Å²) in [7, 11) is 1.84. The summed E-state index contributed by atoms with van der Waals surface area (Å²) in [6.45, 7) is -0.0982. The Morgan fingerprint density at radius 3 is 3.07 bits per heavy atom. The molecule has 1 heterocycles. The second-order valence-corrected chi connectivity index (χ2v) is 3.69. The second kappa shape index (κ2) is 3.90. The van der Waals surface area contributed by atoms with Crippen molar-refractivity contribution in [3.63, 3.8) is 0 Å². The molecular formula is C11H14N2O2. The summed E-state index contributed by atoms with van der Waals surface area (Å²) in [5, 5.41) is 14.8. The SMILES string of the molecule is CNc1ccc2c(c1)NC(=O)C(CO)C2. The standard InChI is InChI=1S/C11H14N2O2/c1-12-9-3-2-7-4-8(6-14)11(15)13-10(7)5-9/h2-3,5,8,12,14H,4,6H2,1H3,(H,13,15). The number of amides is 1. The minimum Gasteiger partial charge on any atom is -0.396 e. The molecule has 1 aromatic rings. The van der Waals surface area contributed by atoms with Crippen molar-refractivity contribution in [2.75, 3.05) is 24.3 Å². The van der Waals surface area contributed by atoms with Crippen molar-refractivity contribution < 1.29 is 9.90 Å². The van der Waals surface area contributed by atoms with E-state index in [-0.39, 0.29) is 18.4 Å². The van der Waals surface area contributed by atoms with E-state index in [1.807, 2.05) is 25.2 Å². The number of fused-ring (bicyclic) bond motifs is 1. The molecule has 1 aliphatic heterocycles. The number of carbonyl (C=O) groups is 1. The summed E-state index contributed by atoms with van der Waals surface area (Å²) in [5.74, 6) is -0.406. The Morgan fingerprint density at radius 2 is 2.40 bits per heavy atom. The number of benzene rings is 1. The fraction of sp³-hybridized carbons (Fsp3) is 0.364. The molecule has 0 aliphatic carbocycles. The Balaban J connectivity index is 2.32. The van der Waals surface area contributed by atoms with Gasteiger partial charge >= 0.3 is 0 Å². The number of nitrogens with one attached hydrogen (secondary N) is 2. The summed E-state index contributed by atoms with van der Waals surface area (Å²) < 4.78 is 0. The van der Waals surface area contributed by atoms with Crippen molar-refractivity contribution in [2.45, 2.75) is 6.42 Å². The van der Waals surface area contributed by atoms with Crippen LogP contribution in [0, 0.1) is 5.92 Å². The minimum absolute atomic E-state index is 0.0982. The third-order valence-corrected chi connectivity index (χ3v) is 2.71. The molecule has 1 unspecified atom stereocenters. The second-order valence-electron chi connectivity index (χ2n) is 3.69. The zero-order chi connectivity index (χ0) is 10.8. The molecular weight excluding hydrogens is 192 g/mol. The first-order chi connectivity index (χ1) is 7.24. The van der Waals surface area contributed by atoms with Crippen molar-refractivity contribution in [1.29, 1.82) is 0 Å². The van der Waals surface area contributed by atoms with Crippen LogP contribution in [0.25, 0.3) is 0 Å². The molecule has 1 aromatic carbocycles. The topological polar surface area (TPSA) is 61.4 Å². The molecule has 0 fully saturated rings. The number of aliphatic hydroxyl groups excluding tert-OH is 1. The Morgan fingerprint density at radius 1 is 1.60 bits per heavy atom. The van der Waals surface area contributed by atoms with Gasteiger partial charge in [0, 0.05) is 18.4 Å². The number of hydrogen-bond acceptors (Lipinski definition) is 3. The van der Waals surface area contributed by atoms with Crippen LogP contribution < -0.4 is 10.6 Å². The molecule has 0 saturated carbocycles. The highest BCUT2D eigenvalue weighted by Crippen LogP contribution is 2.27. The number of hydrogen-bond donors (Lipinski definition) is 3. The van der Waals surface area contributed by atoms with Gasteiger partial charge in [-0.25, -0.2) is 0 Å². The number of rotatable bonds is 2. The largest absolute Gasteiger partial charge is 0.396 e. The summed E-state index contributed by atoms with van der Waals surface area (Å²) in [5.41, 5.74) is 2.89. The highest BCUT2D eigenvalue weighted by atomic mass is 16.3. The van der Waals surface area contributed by atoms with Gasteiger partial charge < -0.3 is 15.7 Å². The normalized spacial score (nSPS) is 19.3.